The van der Waals surface area contributed by atoms with E-state index >= 15 is 0 Å². The first-order valence-electron chi connectivity index (χ1n) is 10.8. The summed E-state index contributed by atoms with van der Waals surface area (Å²) in [5.74, 6) is 0. The average molecular weight is 423 g/mol. The lowest BCUT2D eigenvalue weighted by atomic mass is 10.0. The van der Waals surface area contributed by atoms with E-state index in [0.717, 1.165) is 40.4 Å². The molecule has 31 heavy (non-hydrogen) atoms. The van der Waals surface area contributed by atoms with Crippen LogP contribution in [0.5, 0.6) is 0 Å². The Morgan fingerprint density at radius 2 is 1.84 bits per heavy atom. The molecule has 7 heteroatoms. The molecule has 164 valence electrons. The van der Waals surface area contributed by atoms with Crippen LogP contribution in [-0.2, 0) is 11.8 Å². The summed E-state index contributed by atoms with van der Waals surface area (Å²) >= 11 is 0. The number of fused-ring (bicyclic) bond motifs is 1. The number of aryl methyl sites for hydroxylation is 2. The summed E-state index contributed by atoms with van der Waals surface area (Å²) in [6.45, 7) is 8.95. The normalized spacial score (nSPS) is 15.5. The number of benzene rings is 1. The molecular formula is C24H30N4O3. The predicted octanol–water partition coefficient (Wildman–Crippen LogP) is 4.28. The van der Waals surface area contributed by atoms with Crippen LogP contribution in [0.2, 0.25) is 0 Å². The van der Waals surface area contributed by atoms with Crippen molar-refractivity contribution in [3.8, 4) is 11.1 Å². The van der Waals surface area contributed by atoms with Crippen molar-refractivity contribution < 1.29 is 9.53 Å². The second-order valence-electron chi connectivity index (χ2n) is 9.40. The molecule has 0 atom stereocenters. The molecule has 0 bridgehead atoms. The Balaban J connectivity index is 1.51. The lowest BCUT2D eigenvalue weighted by Crippen LogP contribution is -2.42. The van der Waals surface area contributed by atoms with E-state index in [-0.39, 0.29) is 17.7 Å². The highest BCUT2D eigenvalue weighted by molar-refractivity contribution is 5.84. The molecule has 1 amide bonds. The molecule has 1 saturated heterocycles. The van der Waals surface area contributed by atoms with Gasteiger partial charge in [0.25, 0.3) is 5.56 Å². The van der Waals surface area contributed by atoms with Gasteiger partial charge in [-0.1, -0.05) is 6.07 Å². The predicted molar refractivity (Wildman–Crippen MR) is 121 cm³/mol. The van der Waals surface area contributed by atoms with Crippen LogP contribution in [0.3, 0.4) is 0 Å². The largest absolute Gasteiger partial charge is 0.444 e. The Morgan fingerprint density at radius 3 is 2.52 bits per heavy atom. The van der Waals surface area contributed by atoms with Crippen molar-refractivity contribution in [1.82, 2.24) is 19.2 Å². The van der Waals surface area contributed by atoms with Gasteiger partial charge in [-0.05, 0) is 63.8 Å². The topological polar surface area (TPSA) is 69.4 Å². The van der Waals surface area contributed by atoms with Crippen LogP contribution in [0, 0.1) is 6.92 Å². The third-order valence-corrected chi connectivity index (χ3v) is 5.76. The molecule has 7 nitrogen and oxygen atoms in total. The van der Waals surface area contributed by atoms with Crippen LogP contribution < -0.4 is 5.56 Å². The minimum atomic E-state index is -0.477. The van der Waals surface area contributed by atoms with Gasteiger partial charge < -0.3 is 14.2 Å². The number of carbonyl (C=O) groups excluding carboxylic acids is 1. The second kappa shape index (κ2) is 7.87. The van der Waals surface area contributed by atoms with Gasteiger partial charge in [-0.2, -0.15) is 5.10 Å². The van der Waals surface area contributed by atoms with E-state index in [1.54, 1.807) is 22.6 Å². The molecule has 1 aliphatic heterocycles. The molecule has 1 fully saturated rings. The monoisotopic (exact) mass is 422 g/mol. The number of nitrogens with zero attached hydrogens (tertiary/aromatic N) is 4. The van der Waals surface area contributed by atoms with Gasteiger partial charge in [0.1, 0.15) is 5.60 Å². The van der Waals surface area contributed by atoms with Gasteiger partial charge in [-0.15, -0.1) is 0 Å². The highest BCUT2D eigenvalue weighted by Crippen LogP contribution is 2.29. The Kier molecular flexibility index (Phi) is 5.37. The van der Waals surface area contributed by atoms with E-state index in [1.807, 2.05) is 44.6 Å². The molecule has 1 aliphatic rings. The highest BCUT2D eigenvalue weighted by Gasteiger charge is 2.28. The van der Waals surface area contributed by atoms with Crippen molar-refractivity contribution >= 4 is 17.0 Å². The molecule has 0 unspecified atom stereocenters. The molecular weight excluding hydrogens is 392 g/mol. The molecule has 0 saturated carbocycles. The standard InChI is InChI=1S/C24H30N4O3/c1-16-12-22(29)26(5)15-20(16)17-6-7-21-18(13-17)14-28(25-21)19-8-10-27(11-9-19)23(30)31-24(2,3)4/h6-7,12-15,19H,8-11H2,1-5H3. The van der Waals surface area contributed by atoms with Gasteiger partial charge in [0, 0.05) is 49.5 Å². The number of amides is 1. The molecule has 3 heterocycles. The Labute approximate surface area is 182 Å². The maximum atomic E-state index is 12.3. The van der Waals surface area contributed by atoms with Crippen molar-refractivity contribution in [2.24, 2.45) is 7.05 Å². The number of hydrogen-bond donors (Lipinski definition) is 0. The fourth-order valence-electron chi connectivity index (χ4n) is 4.06. The maximum absolute atomic E-state index is 12.3. The van der Waals surface area contributed by atoms with Gasteiger partial charge in [-0.25, -0.2) is 4.79 Å². The van der Waals surface area contributed by atoms with Gasteiger partial charge >= 0.3 is 6.09 Å². The molecule has 0 spiro atoms. The first kappa shape index (κ1) is 21.2. The number of rotatable bonds is 2. The molecule has 3 aromatic rings. The summed E-state index contributed by atoms with van der Waals surface area (Å²) in [4.78, 5) is 26.0. The summed E-state index contributed by atoms with van der Waals surface area (Å²) in [6, 6.07) is 8.14. The number of piperidine rings is 1. The number of likely N-dealkylation sites (tertiary alicyclic amines) is 1. The SMILES string of the molecule is Cc1cc(=O)n(C)cc1-c1ccc2nn(C3CCN(C(=O)OC(C)(C)C)CC3)cc2c1. The second-order valence-corrected chi connectivity index (χ2v) is 9.40. The Morgan fingerprint density at radius 1 is 1.13 bits per heavy atom. The van der Waals surface area contributed by atoms with Gasteiger partial charge in [0.2, 0.25) is 0 Å². The molecule has 4 rings (SSSR count). The van der Waals surface area contributed by atoms with Crippen LogP contribution in [-0.4, -0.2) is 44.0 Å². The molecule has 0 N–H and O–H groups in total. The zero-order valence-corrected chi connectivity index (χ0v) is 18.9. The third-order valence-electron chi connectivity index (χ3n) is 5.76. The van der Waals surface area contributed by atoms with E-state index in [4.69, 9.17) is 9.84 Å². The number of ether oxygens (including phenoxy) is 1. The number of pyridine rings is 1. The minimum Gasteiger partial charge on any atom is -0.444 e. The molecule has 0 aliphatic carbocycles. The van der Waals surface area contributed by atoms with Crippen molar-refractivity contribution in [2.45, 2.75) is 52.2 Å². The third kappa shape index (κ3) is 4.50. The van der Waals surface area contributed by atoms with Crippen molar-refractivity contribution in [3.05, 3.63) is 52.6 Å². The zero-order chi connectivity index (χ0) is 22.3. The van der Waals surface area contributed by atoms with Crippen LogP contribution in [0.4, 0.5) is 4.79 Å². The van der Waals surface area contributed by atoms with Gasteiger partial charge in [-0.3, -0.25) is 9.48 Å². The fraction of sp³-hybridized carbons (Fsp3) is 0.458. The Hall–Kier alpha value is -3.09. The zero-order valence-electron chi connectivity index (χ0n) is 18.9. The van der Waals surface area contributed by atoms with E-state index < -0.39 is 5.60 Å². The van der Waals surface area contributed by atoms with Crippen molar-refractivity contribution in [2.75, 3.05) is 13.1 Å². The molecule has 0 radical (unpaired) electrons. The van der Waals surface area contributed by atoms with E-state index in [0.29, 0.717) is 13.1 Å². The van der Waals surface area contributed by atoms with Crippen LogP contribution in [0.15, 0.2) is 41.5 Å². The molecule has 2 aromatic heterocycles. The first-order chi connectivity index (χ1) is 14.6. The molecule has 1 aromatic carbocycles. The maximum Gasteiger partial charge on any atom is 0.410 e. The summed E-state index contributed by atoms with van der Waals surface area (Å²) in [5, 5.41) is 5.85. The number of aromatic nitrogens is 3. The van der Waals surface area contributed by atoms with Crippen LogP contribution >= 0.6 is 0 Å². The fourth-order valence-corrected chi connectivity index (χ4v) is 4.06. The minimum absolute atomic E-state index is 0.00660. The lowest BCUT2D eigenvalue weighted by molar-refractivity contribution is 0.0185. The average Bonchev–Trinajstić information content (AvgIpc) is 3.13. The quantitative estimate of drug-likeness (QED) is 0.618. The smallest absolute Gasteiger partial charge is 0.410 e. The van der Waals surface area contributed by atoms with Crippen LogP contribution in [0.1, 0.15) is 45.2 Å². The highest BCUT2D eigenvalue weighted by atomic mass is 16.6. The summed E-state index contributed by atoms with van der Waals surface area (Å²) in [5.41, 5.74) is 3.54. The Bertz CT molecular complexity index is 1180. The van der Waals surface area contributed by atoms with E-state index in [9.17, 15) is 9.59 Å². The van der Waals surface area contributed by atoms with Crippen molar-refractivity contribution in [3.63, 3.8) is 0 Å². The van der Waals surface area contributed by atoms with E-state index in [2.05, 4.69) is 18.3 Å². The lowest BCUT2D eigenvalue weighted by Gasteiger charge is -2.33. The van der Waals surface area contributed by atoms with E-state index in [1.165, 1.54) is 0 Å². The van der Waals surface area contributed by atoms with Crippen molar-refractivity contribution in [1.29, 1.82) is 0 Å². The number of hydrogen-bond acceptors (Lipinski definition) is 4. The summed E-state index contributed by atoms with van der Waals surface area (Å²) in [7, 11) is 1.77. The van der Waals surface area contributed by atoms with Gasteiger partial charge in [0.15, 0.2) is 0 Å². The first-order valence-corrected chi connectivity index (χ1v) is 10.8. The summed E-state index contributed by atoms with van der Waals surface area (Å²) in [6.07, 6.45) is 5.42. The number of carbonyl (C=O) groups is 1. The summed E-state index contributed by atoms with van der Waals surface area (Å²) < 4.78 is 9.13. The van der Waals surface area contributed by atoms with Crippen LogP contribution in [0.25, 0.3) is 22.0 Å². The van der Waals surface area contributed by atoms with Gasteiger partial charge in [0.05, 0.1) is 11.6 Å².